The molecule has 0 atom stereocenters. The average Bonchev–Trinajstić information content (AvgIpc) is 2.67. The van der Waals surface area contributed by atoms with Crippen molar-refractivity contribution in [1.29, 1.82) is 0 Å². The Morgan fingerprint density at radius 1 is 1.12 bits per heavy atom. The van der Waals surface area contributed by atoms with E-state index in [4.69, 9.17) is 16.6 Å². The van der Waals surface area contributed by atoms with Gasteiger partial charge in [-0.25, -0.2) is 0 Å². The van der Waals surface area contributed by atoms with Crippen LogP contribution in [0.5, 0.6) is 0 Å². The fraction of sp³-hybridized carbons (Fsp3) is 0.238. The number of rotatable bonds is 2. The number of amides is 1. The van der Waals surface area contributed by atoms with E-state index in [9.17, 15) is 4.79 Å². The number of anilines is 1. The first-order valence-corrected chi connectivity index (χ1v) is 9.86. The van der Waals surface area contributed by atoms with Crippen LogP contribution in [-0.4, -0.2) is 17.9 Å². The highest BCUT2D eigenvalue weighted by molar-refractivity contribution is 9.10. The van der Waals surface area contributed by atoms with E-state index >= 15 is 0 Å². The van der Waals surface area contributed by atoms with Gasteiger partial charge < -0.3 is 4.90 Å². The van der Waals surface area contributed by atoms with E-state index in [0.717, 1.165) is 57.5 Å². The summed E-state index contributed by atoms with van der Waals surface area (Å²) in [5.41, 5.74) is 4.51. The minimum Gasteiger partial charge on any atom is -0.311 e. The standard InChI is InChI=1S/C21H18BrClN2O/c1-25(15-9-7-14(22)8-10-15)21(26)13-6-11-17-19(12-13)24-18-5-3-2-4-16(18)20(17)23/h6-12H,2-5H2,1H3. The number of aromatic nitrogens is 1. The molecule has 3 nitrogen and oxygen atoms in total. The van der Waals surface area contributed by atoms with Crippen LogP contribution >= 0.6 is 27.5 Å². The Hall–Kier alpha value is -1.91. The Morgan fingerprint density at radius 2 is 1.85 bits per heavy atom. The Balaban J connectivity index is 1.72. The molecule has 0 fully saturated rings. The van der Waals surface area contributed by atoms with Crippen LogP contribution in [0.2, 0.25) is 5.02 Å². The van der Waals surface area contributed by atoms with Gasteiger partial charge in [-0.3, -0.25) is 9.78 Å². The molecule has 1 aliphatic carbocycles. The minimum absolute atomic E-state index is 0.0649. The number of pyridine rings is 1. The molecule has 0 unspecified atom stereocenters. The summed E-state index contributed by atoms with van der Waals surface area (Å²) in [6, 6.07) is 13.3. The van der Waals surface area contributed by atoms with E-state index in [-0.39, 0.29) is 5.91 Å². The van der Waals surface area contributed by atoms with Crippen LogP contribution in [0.25, 0.3) is 10.9 Å². The van der Waals surface area contributed by atoms with Crippen LogP contribution in [0.3, 0.4) is 0 Å². The summed E-state index contributed by atoms with van der Waals surface area (Å²) in [6.45, 7) is 0. The molecule has 26 heavy (non-hydrogen) atoms. The number of benzene rings is 2. The highest BCUT2D eigenvalue weighted by Gasteiger charge is 2.19. The van der Waals surface area contributed by atoms with Gasteiger partial charge in [0.1, 0.15) is 0 Å². The van der Waals surface area contributed by atoms with Crippen LogP contribution in [-0.2, 0) is 12.8 Å². The van der Waals surface area contributed by atoms with Crippen LogP contribution in [0.1, 0.15) is 34.5 Å². The lowest BCUT2D eigenvalue weighted by molar-refractivity contribution is 0.0993. The number of carbonyl (C=O) groups is 1. The first-order valence-electron chi connectivity index (χ1n) is 8.69. The molecule has 132 valence electrons. The molecule has 0 radical (unpaired) electrons. The Kier molecular flexibility index (Phi) is 4.72. The Labute approximate surface area is 166 Å². The molecule has 0 saturated carbocycles. The molecule has 5 heteroatoms. The second kappa shape index (κ2) is 7.01. The lowest BCUT2D eigenvalue weighted by Crippen LogP contribution is -2.26. The maximum Gasteiger partial charge on any atom is 0.258 e. The van der Waals surface area contributed by atoms with Gasteiger partial charge in [-0.1, -0.05) is 33.6 Å². The van der Waals surface area contributed by atoms with E-state index in [0.29, 0.717) is 5.56 Å². The van der Waals surface area contributed by atoms with Gasteiger partial charge >= 0.3 is 0 Å². The zero-order valence-electron chi connectivity index (χ0n) is 14.4. The molecule has 3 aromatic rings. The second-order valence-corrected chi connectivity index (χ2v) is 7.92. The van der Waals surface area contributed by atoms with E-state index in [1.807, 2.05) is 42.5 Å². The van der Waals surface area contributed by atoms with Crippen molar-refractivity contribution in [2.45, 2.75) is 25.7 Å². The predicted molar refractivity (Wildman–Crippen MR) is 110 cm³/mol. The van der Waals surface area contributed by atoms with Crippen molar-refractivity contribution in [2.75, 3.05) is 11.9 Å². The SMILES string of the molecule is CN(C(=O)c1ccc2c(Cl)c3c(nc2c1)CCCC3)c1ccc(Br)cc1. The van der Waals surface area contributed by atoms with Crippen molar-refractivity contribution < 1.29 is 4.79 Å². The summed E-state index contributed by atoms with van der Waals surface area (Å²) in [6.07, 6.45) is 4.26. The molecule has 0 bridgehead atoms. The predicted octanol–water partition coefficient (Wildman–Crippen LogP) is 5.81. The number of carbonyl (C=O) groups excluding carboxylic acids is 1. The third kappa shape index (κ3) is 3.12. The lowest BCUT2D eigenvalue weighted by atomic mass is 9.94. The van der Waals surface area contributed by atoms with Gasteiger partial charge in [0.05, 0.1) is 10.5 Å². The van der Waals surface area contributed by atoms with Crippen LogP contribution in [0, 0.1) is 0 Å². The van der Waals surface area contributed by atoms with Crippen molar-refractivity contribution in [3.05, 3.63) is 68.8 Å². The second-order valence-electron chi connectivity index (χ2n) is 6.63. The number of fused-ring (bicyclic) bond motifs is 2. The van der Waals surface area contributed by atoms with E-state index < -0.39 is 0 Å². The molecule has 1 aromatic heterocycles. The number of hydrogen-bond acceptors (Lipinski definition) is 2. The molecular formula is C21H18BrClN2O. The van der Waals surface area contributed by atoms with Gasteiger partial charge in [0.15, 0.2) is 0 Å². The third-order valence-corrected chi connectivity index (χ3v) is 5.92. The van der Waals surface area contributed by atoms with Crippen molar-refractivity contribution in [3.63, 3.8) is 0 Å². The van der Waals surface area contributed by atoms with Gasteiger partial charge in [0.25, 0.3) is 5.91 Å². The van der Waals surface area contributed by atoms with E-state index in [1.165, 1.54) is 5.56 Å². The van der Waals surface area contributed by atoms with Crippen molar-refractivity contribution in [1.82, 2.24) is 4.98 Å². The van der Waals surface area contributed by atoms with Crippen molar-refractivity contribution in [3.8, 4) is 0 Å². The third-order valence-electron chi connectivity index (χ3n) is 4.96. The highest BCUT2D eigenvalue weighted by Crippen LogP contribution is 2.33. The van der Waals surface area contributed by atoms with Gasteiger partial charge in [0, 0.05) is 33.9 Å². The monoisotopic (exact) mass is 428 g/mol. The normalized spacial score (nSPS) is 13.5. The summed E-state index contributed by atoms with van der Waals surface area (Å²) in [5, 5.41) is 1.72. The smallest absolute Gasteiger partial charge is 0.258 e. The maximum absolute atomic E-state index is 12.9. The molecule has 1 amide bonds. The van der Waals surface area contributed by atoms with E-state index in [2.05, 4.69) is 15.9 Å². The molecular weight excluding hydrogens is 412 g/mol. The van der Waals surface area contributed by atoms with Gasteiger partial charge in [-0.15, -0.1) is 0 Å². The summed E-state index contributed by atoms with van der Waals surface area (Å²) < 4.78 is 0.983. The number of halogens is 2. The van der Waals surface area contributed by atoms with Crippen LogP contribution in [0.4, 0.5) is 5.69 Å². The number of aryl methyl sites for hydroxylation is 1. The van der Waals surface area contributed by atoms with Crippen molar-refractivity contribution in [2.24, 2.45) is 0 Å². The molecule has 1 aliphatic rings. The molecule has 1 heterocycles. The lowest BCUT2D eigenvalue weighted by Gasteiger charge is -2.19. The quantitative estimate of drug-likeness (QED) is 0.515. The van der Waals surface area contributed by atoms with Crippen LogP contribution in [0.15, 0.2) is 46.9 Å². The molecule has 4 rings (SSSR count). The zero-order chi connectivity index (χ0) is 18.3. The first kappa shape index (κ1) is 17.5. The summed E-state index contributed by atoms with van der Waals surface area (Å²) >= 11 is 10.0. The summed E-state index contributed by atoms with van der Waals surface area (Å²) in [4.78, 5) is 19.3. The van der Waals surface area contributed by atoms with Gasteiger partial charge in [-0.2, -0.15) is 0 Å². The number of hydrogen-bond donors (Lipinski definition) is 0. The first-order chi connectivity index (χ1) is 12.5. The molecule has 2 aromatic carbocycles. The fourth-order valence-corrected chi connectivity index (χ4v) is 4.10. The van der Waals surface area contributed by atoms with E-state index in [1.54, 1.807) is 11.9 Å². The van der Waals surface area contributed by atoms with Crippen LogP contribution < -0.4 is 4.90 Å². The fourth-order valence-electron chi connectivity index (χ4n) is 3.48. The van der Waals surface area contributed by atoms with Crippen molar-refractivity contribution >= 4 is 50.0 Å². The average molecular weight is 430 g/mol. The molecule has 0 aliphatic heterocycles. The minimum atomic E-state index is -0.0649. The number of nitrogens with zero attached hydrogens (tertiary/aromatic N) is 2. The topological polar surface area (TPSA) is 33.2 Å². The molecule has 0 saturated heterocycles. The molecule has 0 N–H and O–H groups in total. The van der Waals surface area contributed by atoms with Gasteiger partial charge in [-0.05, 0) is 67.6 Å². The maximum atomic E-state index is 12.9. The summed E-state index contributed by atoms with van der Waals surface area (Å²) in [7, 11) is 1.78. The zero-order valence-corrected chi connectivity index (χ0v) is 16.8. The largest absolute Gasteiger partial charge is 0.311 e. The van der Waals surface area contributed by atoms with Gasteiger partial charge in [0.2, 0.25) is 0 Å². The Bertz CT molecular complexity index is 1000. The highest BCUT2D eigenvalue weighted by atomic mass is 79.9. The molecule has 0 spiro atoms. The Morgan fingerprint density at radius 3 is 2.62 bits per heavy atom. The summed E-state index contributed by atoms with van der Waals surface area (Å²) in [5.74, 6) is -0.0649.